The molecule has 8 heteroatoms. The molecule has 0 bridgehead atoms. The molecule has 0 N–H and O–H groups in total. The predicted octanol–water partition coefficient (Wildman–Crippen LogP) is 3.66. The molecular weight excluding hydrogens is 400 g/mol. The topological polar surface area (TPSA) is 57.7 Å². The summed E-state index contributed by atoms with van der Waals surface area (Å²) in [5, 5.41) is 3.93. The van der Waals surface area contributed by atoms with Crippen LogP contribution in [0.1, 0.15) is 9.75 Å². The smallest absolute Gasteiger partial charge is 0.243 e. The van der Waals surface area contributed by atoms with Crippen LogP contribution in [-0.2, 0) is 27.9 Å². The van der Waals surface area contributed by atoms with E-state index in [2.05, 4.69) is 0 Å². The van der Waals surface area contributed by atoms with Crippen molar-refractivity contribution in [2.45, 2.75) is 18.0 Å². The summed E-state index contributed by atoms with van der Waals surface area (Å²) in [6, 6.07) is 16.0. The summed E-state index contributed by atoms with van der Waals surface area (Å²) in [7, 11) is -2.26. The number of sulfonamides is 1. The fourth-order valence-corrected chi connectivity index (χ4v) is 5.14. The summed E-state index contributed by atoms with van der Waals surface area (Å²) >= 11 is 3.16. The quantitative estimate of drug-likeness (QED) is 0.559. The molecule has 0 aliphatic heterocycles. The van der Waals surface area contributed by atoms with E-state index in [1.807, 2.05) is 35.0 Å². The fraction of sp³-hybridized carbons (Fsp3) is 0.211. The lowest BCUT2D eigenvalue weighted by molar-refractivity contribution is -0.132. The van der Waals surface area contributed by atoms with Crippen molar-refractivity contribution in [2.75, 3.05) is 13.6 Å². The Morgan fingerprint density at radius 1 is 0.889 bits per heavy atom. The predicted molar refractivity (Wildman–Crippen MR) is 109 cm³/mol. The lowest BCUT2D eigenvalue weighted by Crippen LogP contribution is -2.40. The molecule has 3 rings (SSSR count). The molecule has 1 aromatic carbocycles. The maximum Gasteiger partial charge on any atom is 0.243 e. The van der Waals surface area contributed by atoms with Crippen LogP contribution in [0.3, 0.4) is 0 Å². The maximum atomic E-state index is 12.9. The van der Waals surface area contributed by atoms with Crippen LogP contribution in [0, 0.1) is 0 Å². The standard InChI is InChI=1S/C19H20N2O3S3/c1-20(27(23,24)18-9-3-2-4-10-18)15-19(22)21(13-16-7-5-11-25-16)14-17-8-6-12-26-17/h2-12H,13-15H2,1H3. The van der Waals surface area contributed by atoms with E-state index in [0.717, 1.165) is 14.1 Å². The molecule has 3 aromatic rings. The highest BCUT2D eigenvalue weighted by atomic mass is 32.2. The van der Waals surface area contributed by atoms with Gasteiger partial charge in [0.05, 0.1) is 24.5 Å². The lowest BCUT2D eigenvalue weighted by Gasteiger charge is -2.24. The second kappa shape index (κ2) is 8.79. The van der Waals surface area contributed by atoms with E-state index in [1.54, 1.807) is 45.8 Å². The Morgan fingerprint density at radius 2 is 1.44 bits per heavy atom. The van der Waals surface area contributed by atoms with Crippen molar-refractivity contribution in [3.05, 3.63) is 75.1 Å². The van der Waals surface area contributed by atoms with Gasteiger partial charge in [0.15, 0.2) is 0 Å². The average Bonchev–Trinajstić information content (AvgIpc) is 3.36. The van der Waals surface area contributed by atoms with Gasteiger partial charge in [-0.05, 0) is 35.0 Å². The van der Waals surface area contributed by atoms with Crippen molar-refractivity contribution >= 4 is 38.6 Å². The Kier molecular flexibility index (Phi) is 6.43. The highest BCUT2D eigenvalue weighted by Gasteiger charge is 2.25. The molecule has 0 fully saturated rings. The molecule has 142 valence electrons. The minimum atomic E-state index is -3.70. The molecule has 0 saturated carbocycles. The van der Waals surface area contributed by atoms with Gasteiger partial charge in [-0.3, -0.25) is 4.79 Å². The molecule has 0 radical (unpaired) electrons. The fourth-order valence-electron chi connectivity index (χ4n) is 2.56. The Balaban J connectivity index is 1.75. The third kappa shape index (κ3) is 5.04. The van der Waals surface area contributed by atoms with Crippen molar-refractivity contribution in [3.63, 3.8) is 0 Å². The second-order valence-electron chi connectivity index (χ2n) is 5.98. The first-order valence-corrected chi connectivity index (χ1v) is 11.5. The molecular formula is C19H20N2O3S3. The minimum Gasteiger partial charge on any atom is -0.331 e. The van der Waals surface area contributed by atoms with Gasteiger partial charge in [-0.25, -0.2) is 8.42 Å². The van der Waals surface area contributed by atoms with Gasteiger partial charge in [0, 0.05) is 16.8 Å². The third-order valence-corrected chi connectivity index (χ3v) is 7.56. The first-order valence-electron chi connectivity index (χ1n) is 8.31. The van der Waals surface area contributed by atoms with Crippen LogP contribution >= 0.6 is 22.7 Å². The Labute approximate surface area is 167 Å². The molecule has 5 nitrogen and oxygen atoms in total. The van der Waals surface area contributed by atoms with E-state index >= 15 is 0 Å². The number of amides is 1. The highest BCUT2D eigenvalue weighted by Crippen LogP contribution is 2.19. The van der Waals surface area contributed by atoms with E-state index in [4.69, 9.17) is 0 Å². The molecule has 2 heterocycles. The third-order valence-electron chi connectivity index (χ3n) is 4.02. The van der Waals surface area contributed by atoms with Crippen molar-refractivity contribution in [3.8, 4) is 0 Å². The van der Waals surface area contributed by atoms with Crippen LogP contribution in [0.2, 0.25) is 0 Å². The molecule has 0 unspecified atom stereocenters. The van der Waals surface area contributed by atoms with Crippen molar-refractivity contribution < 1.29 is 13.2 Å². The van der Waals surface area contributed by atoms with Gasteiger partial charge in [-0.1, -0.05) is 30.3 Å². The second-order valence-corrected chi connectivity index (χ2v) is 10.1. The van der Waals surface area contributed by atoms with E-state index in [0.29, 0.717) is 13.1 Å². The molecule has 2 aromatic heterocycles. The van der Waals surface area contributed by atoms with Crippen LogP contribution in [-0.4, -0.2) is 37.1 Å². The molecule has 1 amide bonds. The minimum absolute atomic E-state index is 0.184. The van der Waals surface area contributed by atoms with Gasteiger partial charge < -0.3 is 4.90 Å². The number of hydrogen-bond acceptors (Lipinski definition) is 5. The Morgan fingerprint density at radius 3 is 1.93 bits per heavy atom. The lowest BCUT2D eigenvalue weighted by atomic mass is 10.3. The van der Waals surface area contributed by atoms with Crippen molar-refractivity contribution in [2.24, 2.45) is 0 Å². The molecule has 0 aliphatic rings. The Hall–Kier alpha value is -2.00. The largest absolute Gasteiger partial charge is 0.331 e. The number of nitrogens with zero attached hydrogens (tertiary/aromatic N) is 2. The molecule has 0 saturated heterocycles. The average molecular weight is 421 g/mol. The van der Waals surface area contributed by atoms with Gasteiger partial charge in [0.2, 0.25) is 15.9 Å². The summed E-state index contributed by atoms with van der Waals surface area (Å²) in [6.45, 7) is 0.731. The summed E-state index contributed by atoms with van der Waals surface area (Å²) in [6.07, 6.45) is 0. The normalized spacial score (nSPS) is 11.6. The molecule has 0 atom stereocenters. The van der Waals surface area contributed by atoms with Crippen molar-refractivity contribution in [1.29, 1.82) is 0 Å². The van der Waals surface area contributed by atoms with Gasteiger partial charge in [-0.2, -0.15) is 4.31 Å². The monoisotopic (exact) mass is 420 g/mol. The molecule has 0 aliphatic carbocycles. The number of carbonyl (C=O) groups is 1. The summed E-state index contributed by atoms with van der Waals surface area (Å²) in [5.74, 6) is -0.223. The zero-order valence-corrected chi connectivity index (χ0v) is 17.3. The van der Waals surface area contributed by atoms with Gasteiger partial charge >= 0.3 is 0 Å². The SMILES string of the molecule is CN(CC(=O)N(Cc1cccs1)Cc1cccs1)S(=O)(=O)c1ccccc1. The van der Waals surface area contributed by atoms with Crippen LogP contribution in [0.5, 0.6) is 0 Å². The van der Waals surface area contributed by atoms with Crippen LogP contribution in [0.25, 0.3) is 0 Å². The van der Waals surface area contributed by atoms with Crippen LogP contribution in [0.15, 0.2) is 70.3 Å². The zero-order valence-electron chi connectivity index (χ0n) is 14.8. The Bertz CT molecular complexity index is 917. The van der Waals surface area contributed by atoms with Gasteiger partial charge in [0.1, 0.15) is 0 Å². The van der Waals surface area contributed by atoms with E-state index in [1.165, 1.54) is 19.2 Å². The van der Waals surface area contributed by atoms with Gasteiger partial charge in [-0.15, -0.1) is 22.7 Å². The first kappa shape index (κ1) is 19.8. The van der Waals surface area contributed by atoms with E-state index in [9.17, 15) is 13.2 Å². The molecule has 27 heavy (non-hydrogen) atoms. The van der Waals surface area contributed by atoms with Gasteiger partial charge in [0.25, 0.3) is 0 Å². The summed E-state index contributed by atoms with van der Waals surface area (Å²) in [4.78, 5) is 16.9. The number of hydrogen-bond donors (Lipinski definition) is 0. The van der Waals surface area contributed by atoms with Crippen LogP contribution in [0.4, 0.5) is 0 Å². The highest BCUT2D eigenvalue weighted by molar-refractivity contribution is 7.89. The van der Waals surface area contributed by atoms with Crippen molar-refractivity contribution in [1.82, 2.24) is 9.21 Å². The zero-order chi connectivity index (χ0) is 19.3. The van der Waals surface area contributed by atoms with Crippen LogP contribution < -0.4 is 0 Å². The molecule has 0 spiro atoms. The summed E-state index contributed by atoms with van der Waals surface area (Å²) < 4.78 is 26.5. The number of rotatable bonds is 8. The number of likely N-dealkylation sites (N-methyl/N-ethyl adjacent to an activating group) is 1. The van der Waals surface area contributed by atoms with E-state index in [-0.39, 0.29) is 17.3 Å². The van der Waals surface area contributed by atoms with E-state index < -0.39 is 10.0 Å². The summed E-state index contributed by atoms with van der Waals surface area (Å²) in [5.41, 5.74) is 0. The number of benzene rings is 1. The maximum absolute atomic E-state index is 12.9. The number of carbonyl (C=O) groups excluding carboxylic acids is 1. The number of thiophene rings is 2. The first-order chi connectivity index (χ1) is 13.0.